The fourth-order valence-corrected chi connectivity index (χ4v) is 2.66. The lowest BCUT2D eigenvalue weighted by molar-refractivity contribution is 0.771. The Morgan fingerprint density at radius 2 is 1.92 bits per heavy atom. The third-order valence-corrected chi connectivity index (χ3v) is 4.13. The highest BCUT2D eigenvalue weighted by Crippen LogP contribution is 2.23. The van der Waals surface area contributed by atoms with Crippen molar-refractivity contribution in [3.8, 4) is 0 Å². The minimum Gasteiger partial charge on any atom is -0.339 e. The first-order valence-corrected chi connectivity index (χ1v) is 8.55. The summed E-state index contributed by atoms with van der Waals surface area (Å²) in [5.74, 6) is 1.23. The molecule has 0 spiro atoms. The van der Waals surface area contributed by atoms with Crippen LogP contribution in [-0.4, -0.2) is 21.7 Å². The summed E-state index contributed by atoms with van der Waals surface area (Å²) in [6, 6.07) is 16.0. The molecule has 0 saturated carbocycles. The van der Waals surface area contributed by atoms with E-state index in [2.05, 4.69) is 44.5 Å². The molecule has 0 atom stereocenters. The molecule has 0 fully saturated rings. The number of rotatable bonds is 6. The summed E-state index contributed by atoms with van der Waals surface area (Å²) in [5.41, 5.74) is 3.20. The molecule has 2 aromatic carbocycles. The van der Waals surface area contributed by atoms with E-state index >= 15 is 0 Å². The summed E-state index contributed by atoms with van der Waals surface area (Å²) in [6.45, 7) is 5.62. The second kappa shape index (κ2) is 7.94. The van der Waals surface area contributed by atoms with Crippen molar-refractivity contribution in [2.45, 2.75) is 20.4 Å². The van der Waals surface area contributed by atoms with E-state index in [1.165, 1.54) is 5.56 Å². The molecule has 0 aliphatic heterocycles. The first kappa shape index (κ1) is 17.2. The Bertz CT molecular complexity index is 838. The van der Waals surface area contributed by atoms with Gasteiger partial charge in [0.1, 0.15) is 0 Å². The molecule has 5 nitrogen and oxygen atoms in total. The summed E-state index contributed by atoms with van der Waals surface area (Å²) in [7, 11) is 0. The Morgan fingerprint density at radius 3 is 2.68 bits per heavy atom. The monoisotopic (exact) mass is 353 g/mol. The van der Waals surface area contributed by atoms with E-state index in [-0.39, 0.29) is 0 Å². The standard InChI is InChI=1S/C19H20ClN5/c1-3-25(13-15-7-5-4-6-8-15)19-23-18(12-21-24-19)22-17-11-16(20)10-9-14(17)2/h4-12H,3,13H2,1-2H3,(H,22,23,24). The minimum atomic E-state index is 0.594. The van der Waals surface area contributed by atoms with Crippen LogP contribution in [0.3, 0.4) is 0 Å². The Hall–Kier alpha value is -2.66. The van der Waals surface area contributed by atoms with Gasteiger partial charge in [-0.2, -0.15) is 10.1 Å². The maximum Gasteiger partial charge on any atom is 0.247 e. The van der Waals surface area contributed by atoms with Crippen molar-refractivity contribution < 1.29 is 0 Å². The third-order valence-electron chi connectivity index (χ3n) is 3.89. The molecule has 25 heavy (non-hydrogen) atoms. The Morgan fingerprint density at radius 1 is 1.12 bits per heavy atom. The Labute approximate surface area is 152 Å². The van der Waals surface area contributed by atoms with Crippen molar-refractivity contribution in [1.29, 1.82) is 0 Å². The van der Waals surface area contributed by atoms with E-state index in [9.17, 15) is 0 Å². The van der Waals surface area contributed by atoms with Crippen molar-refractivity contribution in [2.75, 3.05) is 16.8 Å². The molecule has 0 amide bonds. The number of hydrogen-bond donors (Lipinski definition) is 1. The van der Waals surface area contributed by atoms with Gasteiger partial charge >= 0.3 is 0 Å². The molecule has 0 unspecified atom stereocenters. The molecular formula is C19H20ClN5. The highest BCUT2D eigenvalue weighted by molar-refractivity contribution is 6.30. The van der Waals surface area contributed by atoms with Crippen LogP contribution < -0.4 is 10.2 Å². The van der Waals surface area contributed by atoms with Crippen molar-refractivity contribution in [3.05, 3.63) is 70.9 Å². The van der Waals surface area contributed by atoms with Crippen LogP contribution in [0.1, 0.15) is 18.1 Å². The molecule has 1 heterocycles. The summed E-state index contributed by atoms with van der Waals surface area (Å²) in [6.07, 6.45) is 1.61. The Kier molecular flexibility index (Phi) is 5.46. The number of aryl methyl sites for hydroxylation is 1. The van der Waals surface area contributed by atoms with Gasteiger partial charge in [-0.05, 0) is 37.1 Å². The summed E-state index contributed by atoms with van der Waals surface area (Å²) < 4.78 is 0. The van der Waals surface area contributed by atoms with E-state index < -0.39 is 0 Å². The maximum absolute atomic E-state index is 6.08. The fraction of sp³-hybridized carbons (Fsp3) is 0.211. The number of nitrogens with one attached hydrogen (secondary N) is 1. The van der Waals surface area contributed by atoms with Crippen molar-refractivity contribution in [3.63, 3.8) is 0 Å². The van der Waals surface area contributed by atoms with E-state index in [1.807, 2.05) is 43.3 Å². The predicted molar refractivity (Wildman–Crippen MR) is 102 cm³/mol. The lowest BCUT2D eigenvalue weighted by atomic mass is 10.2. The zero-order chi connectivity index (χ0) is 17.6. The van der Waals surface area contributed by atoms with E-state index in [1.54, 1.807) is 6.20 Å². The molecule has 0 aliphatic rings. The van der Waals surface area contributed by atoms with Crippen LogP contribution in [0.4, 0.5) is 17.5 Å². The van der Waals surface area contributed by atoms with Gasteiger partial charge in [-0.3, -0.25) is 0 Å². The topological polar surface area (TPSA) is 53.9 Å². The zero-order valence-electron chi connectivity index (χ0n) is 14.3. The number of anilines is 3. The highest BCUT2D eigenvalue weighted by Gasteiger charge is 2.11. The van der Waals surface area contributed by atoms with Crippen LogP contribution in [0.25, 0.3) is 0 Å². The zero-order valence-corrected chi connectivity index (χ0v) is 15.0. The molecule has 3 rings (SSSR count). The van der Waals surface area contributed by atoms with E-state index in [0.29, 0.717) is 16.8 Å². The number of halogens is 1. The lowest BCUT2D eigenvalue weighted by Gasteiger charge is -2.20. The average molecular weight is 354 g/mol. The van der Waals surface area contributed by atoms with Gasteiger partial charge in [0.25, 0.3) is 0 Å². The van der Waals surface area contributed by atoms with Gasteiger partial charge in [-0.15, -0.1) is 5.10 Å². The summed E-state index contributed by atoms with van der Waals surface area (Å²) >= 11 is 6.08. The molecule has 0 radical (unpaired) electrons. The molecule has 1 N–H and O–H groups in total. The lowest BCUT2D eigenvalue weighted by Crippen LogP contribution is -2.24. The van der Waals surface area contributed by atoms with Crippen molar-refractivity contribution in [1.82, 2.24) is 15.2 Å². The minimum absolute atomic E-state index is 0.594. The van der Waals surface area contributed by atoms with Crippen LogP contribution >= 0.6 is 11.6 Å². The largest absolute Gasteiger partial charge is 0.339 e. The summed E-state index contributed by atoms with van der Waals surface area (Å²) in [4.78, 5) is 6.69. The van der Waals surface area contributed by atoms with Crippen LogP contribution in [-0.2, 0) is 6.54 Å². The second-order valence-electron chi connectivity index (χ2n) is 5.73. The van der Waals surface area contributed by atoms with Crippen LogP contribution in [0.15, 0.2) is 54.7 Å². The van der Waals surface area contributed by atoms with Gasteiger partial charge in [0.15, 0.2) is 5.82 Å². The molecule has 1 aromatic heterocycles. The summed E-state index contributed by atoms with van der Waals surface area (Å²) in [5, 5.41) is 12.2. The first-order chi connectivity index (χ1) is 12.2. The van der Waals surface area contributed by atoms with E-state index in [0.717, 1.165) is 24.3 Å². The Balaban J connectivity index is 1.81. The third kappa shape index (κ3) is 4.45. The number of nitrogens with zero attached hydrogens (tertiary/aromatic N) is 4. The predicted octanol–water partition coefficient (Wildman–Crippen LogP) is 4.60. The second-order valence-corrected chi connectivity index (χ2v) is 6.16. The first-order valence-electron chi connectivity index (χ1n) is 8.17. The smallest absolute Gasteiger partial charge is 0.247 e. The molecular weight excluding hydrogens is 334 g/mol. The quantitative estimate of drug-likeness (QED) is 0.701. The van der Waals surface area contributed by atoms with Crippen LogP contribution in [0, 0.1) is 6.92 Å². The number of aromatic nitrogens is 3. The van der Waals surface area contributed by atoms with Gasteiger partial charge in [0.05, 0.1) is 6.20 Å². The molecule has 0 saturated heterocycles. The van der Waals surface area contributed by atoms with Crippen molar-refractivity contribution >= 4 is 29.1 Å². The molecule has 6 heteroatoms. The van der Waals surface area contributed by atoms with Gasteiger partial charge < -0.3 is 10.2 Å². The molecule has 128 valence electrons. The highest BCUT2D eigenvalue weighted by atomic mass is 35.5. The fourth-order valence-electron chi connectivity index (χ4n) is 2.48. The van der Waals surface area contributed by atoms with Crippen molar-refractivity contribution in [2.24, 2.45) is 0 Å². The van der Waals surface area contributed by atoms with Crippen LogP contribution in [0.5, 0.6) is 0 Å². The molecule has 0 bridgehead atoms. The number of benzene rings is 2. The van der Waals surface area contributed by atoms with Gasteiger partial charge in [-0.25, -0.2) is 0 Å². The maximum atomic E-state index is 6.08. The number of hydrogen-bond acceptors (Lipinski definition) is 5. The normalized spacial score (nSPS) is 10.5. The average Bonchev–Trinajstić information content (AvgIpc) is 2.64. The molecule has 0 aliphatic carbocycles. The SMILES string of the molecule is CCN(Cc1ccccc1)c1nncc(Nc2cc(Cl)ccc2C)n1. The van der Waals surface area contributed by atoms with Gasteiger partial charge in [0.2, 0.25) is 5.95 Å². The van der Waals surface area contributed by atoms with Gasteiger partial charge in [0, 0.05) is 23.8 Å². The van der Waals surface area contributed by atoms with Gasteiger partial charge in [-0.1, -0.05) is 48.0 Å². The van der Waals surface area contributed by atoms with Crippen LogP contribution in [0.2, 0.25) is 5.02 Å². The van der Waals surface area contributed by atoms with E-state index in [4.69, 9.17) is 11.6 Å². The molecule has 3 aromatic rings.